The van der Waals surface area contributed by atoms with Gasteiger partial charge in [0.1, 0.15) is 0 Å². The molecule has 0 aliphatic rings. The zero-order valence-corrected chi connectivity index (χ0v) is 9.97. The van der Waals surface area contributed by atoms with Gasteiger partial charge in [-0.05, 0) is 0 Å². The first-order valence-corrected chi connectivity index (χ1v) is 9.17. The van der Waals surface area contributed by atoms with Gasteiger partial charge in [0.2, 0.25) is 0 Å². The van der Waals surface area contributed by atoms with Gasteiger partial charge in [-0.2, -0.15) is 0 Å². The Labute approximate surface area is 83.2 Å². The number of rotatable bonds is 2. The second-order valence-corrected chi connectivity index (χ2v) is 10.2. The van der Waals surface area contributed by atoms with Crippen LogP contribution in [-0.2, 0) is 8.46 Å². The van der Waals surface area contributed by atoms with Crippen LogP contribution in [0.5, 0.6) is 0 Å². The Bertz CT molecular complexity index is 29.2. The van der Waals surface area contributed by atoms with Crippen LogP contribution in [0.4, 0.5) is 0 Å². The number of halogens is 2. The Balaban J connectivity index is 0. The van der Waals surface area contributed by atoms with Crippen LogP contribution < -0.4 is 0 Å². The summed E-state index contributed by atoms with van der Waals surface area (Å²) >= 11 is 4.55. The number of hydrogen-bond acceptors (Lipinski definition) is 0. The van der Waals surface area contributed by atoms with E-state index in [1.807, 2.05) is 14.1 Å². The maximum absolute atomic E-state index is 4.96. The molecule has 0 spiro atoms. The van der Waals surface area contributed by atoms with E-state index in [2.05, 4.69) is 40.7 Å². The predicted octanol–water partition coefficient (Wildman–Crippen LogP) is 1.60. The van der Waals surface area contributed by atoms with Crippen molar-refractivity contribution >= 4 is 62.7 Å². The fourth-order valence-electron chi connectivity index (χ4n) is 0.136. The van der Waals surface area contributed by atoms with Crippen LogP contribution in [0.2, 0.25) is 6.32 Å². The molecule has 6 heteroatoms. The molecule has 4 radical (unpaired) electrons. The van der Waals surface area contributed by atoms with Crippen molar-refractivity contribution in [3.63, 3.8) is 0 Å². The molecule has 0 N–H and O–H groups in total. The van der Waals surface area contributed by atoms with E-state index < -0.39 is 0 Å². The Hall–Kier alpha value is 2.17. The molecule has 0 bridgehead atoms. The average molecular weight is 371 g/mol. The molecule has 0 aromatic rings. The SMILES string of the molecule is [B][B][B]CC.[I][Fe][I]. The zero-order chi connectivity index (χ0) is 6.83. The van der Waals surface area contributed by atoms with Crippen molar-refractivity contribution in [3.05, 3.63) is 0 Å². The Morgan fingerprint density at radius 1 is 1.62 bits per heavy atom. The van der Waals surface area contributed by atoms with Gasteiger partial charge < -0.3 is 0 Å². The summed E-state index contributed by atoms with van der Waals surface area (Å²) in [7, 11) is 9.61. The second-order valence-electron chi connectivity index (χ2n) is 0.887. The molecule has 0 aliphatic carbocycles. The minimum absolute atomic E-state index is 1.04. The van der Waals surface area contributed by atoms with E-state index >= 15 is 0 Å². The molecule has 8 heavy (non-hydrogen) atoms. The van der Waals surface area contributed by atoms with Crippen molar-refractivity contribution in [2.75, 3.05) is 0 Å². The summed E-state index contributed by atoms with van der Waals surface area (Å²) in [5.74, 6) is 0. The maximum atomic E-state index is 4.96. The molecule has 0 heterocycles. The molecule has 0 nitrogen and oxygen atoms in total. The van der Waals surface area contributed by atoms with Gasteiger partial charge in [-0.15, -0.1) is 0 Å². The van der Waals surface area contributed by atoms with Gasteiger partial charge in [0.25, 0.3) is 0 Å². The molecule has 0 aromatic carbocycles. The summed E-state index contributed by atoms with van der Waals surface area (Å²) in [5.41, 5.74) is 0. The predicted molar refractivity (Wildman–Crippen MR) is 55.8 cm³/mol. The summed E-state index contributed by atoms with van der Waals surface area (Å²) in [6.45, 7) is 2.04. The fraction of sp³-hybridized carbons (Fsp3) is 1.00. The Morgan fingerprint density at radius 2 is 2.00 bits per heavy atom. The second kappa shape index (κ2) is 16.1. The van der Waals surface area contributed by atoms with E-state index in [1.165, 1.54) is 8.46 Å². The van der Waals surface area contributed by atoms with Crippen LogP contribution in [0, 0.1) is 0 Å². The molecule has 44 valence electrons. The standard InChI is InChI=1S/C2H5B3.Fe.2HI/c1-2-4-5-3;;;/h2H2,1H3;;2*1H/q;+2;;/p-2. The van der Waals surface area contributed by atoms with Crippen LogP contribution in [-0.4, -0.2) is 22.0 Å². The van der Waals surface area contributed by atoms with Crippen molar-refractivity contribution in [2.24, 2.45) is 0 Å². The van der Waals surface area contributed by atoms with Crippen molar-refractivity contribution < 1.29 is 8.46 Å². The van der Waals surface area contributed by atoms with Crippen molar-refractivity contribution in [1.29, 1.82) is 0 Å². The molecule has 0 atom stereocenters. The third kappa shape index (κ3) is 24.1. The van der Waals surface area contributed by atoms with Crippen LogP contribution in [0.1, 0.15) is 6.92 Å². The normalized spacial score (nSPS) is 6.88. The van der Waals surface area contributed by atoms with E-state index in [0.717, 1.165) is 6.32 Å². The third-order valence-corrected chi connectivity index (χ3v) is 0.372. The molecule has 0 rings (SSSR count). The van der Waals surface area contributed by atoms with Gasteiger partial charge in [-0.25, -0.2) is 0 Å². The van der Waals surface area contributed by atoms with E-state index in [0.29, 0.717) is 0 Å². The van der Waals surface area contributed by atoms with E-state index in [4.69, 9.17) is 7.74 Å². The quantitative estimate of drug-likeness (QED) is 0.511. The van der Waals surface area contributed by atoms with E-state index in [9.17, 15) is 0 Å². The Kier molecular flexibility index (Phi) is 25.8. The van der Waals surface area contributed by atoms with Crippen LogP contribution in [0.15, 0.2) is 0 Å². The first-order valence-electron chi connectivity index (χ1n) is 2.05. The zero-order valence-electron chi connectivity index (χ0n) is 4.55. The molecular formula is C2H5B3FeI2. The van der Waals surface area contributed by atoms with Gasteiger partial charge in [-0.3, -0.25) is 0 Å². The average Bonchev–Trinajstić information content (AvgIpc) is 1.71. The van der Waals surface area contributed by atoms with Crippen LogP contribution in [0.3, 0.4) is 0 Å². The summed E-state index contributed by atoms with van der Waals surface area (Å²) in [6.07, 6.45) is 1.04. The van der Waals surface area contributed by atoms with Crippen molar-refractivity contribution in [3.8, 4) is 0 Å². The minimum atomic E-state index is 1.04. The molecule has 0 fully saturated rings. The van der Waals surface area contributed by atoms with Gasteiger partial charge in [-0.1, -0.05) is 13.2 Å². The summed E-state index contributed by atoms with van der Waals surface area (Å²) in [5, 5.41) is 0. The van der Waals surface area contributed by atoms with Crippen LogP contribution in [0.25, 0.3) is 0 Å². The van der Waals surface area contributed by atoms with Crippen molar-refractivity contribution in [2.45, 2.75) is 13.2 Å². The van der Waals surface area contributed by atoms with Gasteiger partial charge >= 0.3 is 49.1 Å². The van der Waals surface area contributed by atoms with Crippen molar-refractivity contribution in [1.82, 2.24) is 0 Å². The summed E-state index contributed by atoms with van der Waals surface area (Å²) in [6, 6.07) is 0. The third-order valence-electron chi connectivity index (χ3n) is 0.372. The molecule has 0 saturated carbocycles. The summed E-state index contributed by atoms with van der Waals surface area (Å²) < 4.78 is 0. The monoisotopic (exact) mass is 372 g/mol. The first-order chi connectivity index (χ1) is 3.83. The van der Waals surface area contributed by atoms with Gasteiger partial charge in [0.05, 0.1) is 7.17 Å². The molecule has 0 unspecified atom stereocenters. The van der Waals surface area contributed by atoms with E-state index in [-0.39, 0.29) is 0 Å². The van der Waals surface area contributed by atoms with E-state index in [1.54, 1.807) is 7.06 Å². The van der Waals surface area contributed by atoms with Gasteiger partial charge in [0, 0.05) is 14.8 Å². The summed E-state index contributed by atoms with van der Waals surface area (Å²) in [4.78, 5) is 0. The first kappa shape index (κ1) is 12.8. The number of hydrogen-bond donors (Lipinski definition) is 0. The van der Waals surface area contributed by atoms with Gasteiger partial charge in [0.15, 0.2) is 0 Å². The molecule has 0 aliphatic heterocycles. The van der Waals surface area contributed by atoms with Crippen LogP contribution >= 0.6 is 40.7 Å². The molecule has 0 amide bonds. The molecule has 0 saturated heterocycles. The Morgan fingerprint density at radius 3 is 2.00 bits per heavy atom. The topological polar surface area (TPSA) is 0 Å². The molecular weight excluding hydrogens is 366 g/mol. The molecule has 0 aromatic heterocycles. The fourth-order valence-corrected chi connectivity index (χ4v) is 0.136.